The number of hydrogen-bond acceptors (Lipinski definition) is 11. The lowest BCUT2D eigenvalue weighted by atomic mass is 10.0. The average Bonchev–Trinajstić information content (AvgIpc) is 3.70. The number of sulfone groups is 1. The maximum absolute atomic E-state index is 14.0. The normalized spacial score (nSPS) is 15.0. The molecule has 5 aromatic rings. The fourth-order valence-electron chi connectivity index (χ4n) is 5.20. The summed E-state index contributed by atoms with van der Waals surface area (Å²) in [7, 11) is -3.98. The van der Waals surface area contributed by atoms with Crippen LogP contribution in [0.1, 0.15) is 44.9 Å². The van der Waals surface area contributed by atoms with Gasteiger partial charge in [0, 0.05) is 25.2 Å². The SMILES string of the molecule is CC(O)CNC(=O)Cc1nnc(C(c2nc3ccc(-c4ccc(C(=O)N5CCOCC5)cc4)cc3s2)S(=O)(=O)Cc2ccccc2)o1. The fraction of sp³-hybridized carbons (Fsp3) is 0.303. The molecule has 1 aliphatic rings. The predicted octanol–water partition coefficient (Wildman–Crippen LogP) is 3.56. The van der Waals surface area contributed by atoms with Crippen molar-refractivity contribution in [2.45, 2.75) is 30.5 Å². The summed E-state index contributed by atoms with van der Waals surface area (Å²) in [6.07, 6.45) is -1.00. The van der Waals surface area contributed by atoms with Crippen LogP contribution in [0.3, 0.4) is 0 Å². The summed E-state index contributed by atoms with van der Waals surface area (Å²) in [5.41, 5.74) is 3.57. The monoisotopic (exact) mass is 675 g/mol. The van der Waals surface area contributed by atoms with E-state index in [1.165, 1.54) is 11.3 Å². The molecule has 2 N–H and O–H groups in total. The number of ether oxygens (including phenoxy) is 1. The lowest BCUT2D eigenvalue weighted by molar-refractivity contribution is -0.121. The number of carbonyl (C=O) groups excluding carboxylic acids is 2. The molecule has 2 unspecified atom stereocenters. The first-order chi connectivity index (χ1) is 22.7. The zero-order valence-corrected chi connectivity index (χ0v) is 27.2. The van der Waals surface area contributed by atoms with Crippen molar-refractivity contribution in [3.05, 3.63) is 101 Å². The highest BCUT2D eigenvalue weighted by Gasteiger charge is 2.37. The number of morpholine rings is 1. The van der Waals surface area contributed by atoms with E-state index in [0.717, 1.165) is 15.8 Å². The van der Waals surface area contributed by atoms with Crippen molar-refractivity contribution in [2.24, 2.45) is 0 Å². The summed E-state index contributed by atoms with van der Waals surface area (Å²) >= 11 is 1.21. The Labute approximate surface area is 275 Å². The molecule has 0 saturated carbocycles. The minimum Gasteiger partial charge on any atom is -0.423 e. The molecule has 244 valence electrons. The zero-order valence-electron chi connectivity index (χ0n) is 25.5. The van der Waals surface area contributed by atoms with E-state index < -0.39 is 27.1 Å². The van der Waals surface area contributed by atoms with Crippen LogP contribution >= 0.6 is 11.3 Å². The molecule has 3 heterocycles. The third-order valence-electron chi connectivity index (χ3n) is 7.58. The number of aliphatic hydroxyl groups excluding tert-OH is 1. The Morgan fingerprint density at radius 2 is 1.72 bits per heavy atom. The molecule has 2 atom stereocenters. The lowest BCUT2D eigenvalue weighted by Gasteiger charge is -2.26. The van der Waals surface area contributed by atoms with Crippen LogP contribution < -0.4 is 5.32 Å². The van der Waals surface area contributed by atoms with Crippen molar-refractivity contribution in [2.75, 3.05) is 32.8 Å². The first-order valence-corrected chi connectivity index (χ1v) is 17.6. The molecule has 0 radical (unpaired) electrons. The smallest absolute Gasteiger partial charge is 0.254 e. The highest BCUT2D eigenvalue weighted by molar-refractivity contribution is 7.91. The number of benzene rings is 3. The molecule has 6 rings (SSSR count). The predicted molar refractivity (Wildman–Crippen MR) is 175 cm³/mol. The molecule has 2 amide bonds. The van der Waals surface area contributed by atoms with E-state index >= 15 is 0 Å². The number of rotatable bonds is 11. The Morgan fingerprint density at radius 3 is 2.45 bits per heavy atom. The third kappa shape index (κ3) is 7.73. The van der Waals surface area contributed by atoms with Gasteiger partial charge in [0.05, 0.1) is 35.3 Å². The number of fused-ring (bicyclic) bond motifs is 1. The van der Waals surface area contributed by atoms with Crippen LogP contribution in [0.5, 0.6) is 0 Å². The first-order valence-electron chi connectivity index (χ1n) is 15.1. The maximum atomic E-state index is 14.0. The molecule has 47 heavy (non-hydrogen) atoms. The standard InChI is InChI=1S/C33H33N5O7S2/c1-21(39)19-34-28(40)18-29-36-37-31(45-29)30(47(42,43)20-22-5-3-2-4-6-22)32-35-26-12-11-25(17-27(26)46-32)23-7-9-24(10-8-23)33(41)38-13-15-44-16-14-38/h2-12,17,21,30,39H,13-16,18-20H2,1H3,(H,34,40). The zero-order chi connectivity index (χ0) is 33.0. The minimum atomic E-state index is -3.98. The number of aliphatic hydroxyl groups is 1. The van der Waals surface area contributed by atoms with Crippen molar-refractivity contribution in [1.82, 2.24) is 25.4 Å². The van der Waals surface area contributed by atoms with Gasteiger partial charge < -0.3 is 24.5 Å². The summed E-state index contributed by atoms with van der Waals surface area (Å²) in [5, 5.41) is 18.9. The van der Waals surface area contributed by atoms with E-state index in [-0.39, 0.29) is 41.4 Å². The van der Waals surface area contributed by atoms with Crippen molar-refractivity contribution in [3.8, 4) is 11.1 Å². The summed E-state index contributed by atoms with van der Waals surface area (Å²) < 4.78 is 39.8. The molecule has 14 heteroatoms. The lowest BCUT2D eigenvalue weighted by Crippen LogP contribution is -2.40. The Morgan fingerprint density at radius 1 is 1.00 bits per heavy atom. The van der Waals surface area contributed by atoms with Crippen molar-refractivity contribution < 1.29 is 32.3 Å². The topological polar surface area (TPSA) is 165 Å². The Bertz CT molecular complexity index is 1970. The molecule has 0 spiro atoms. The first kappa shape index (κ1) is 32.4. The molecule has 0 aliphatic carbocycles. The van der Waals surface area contributed by atoms with Crippen LogP contribution in [-0.4, -0.2) is 84.4 Å². The maximum Gasteiger partial charge on any atom is 0.254 e. The number of amides is 2. The molecule has 1 fully saturated rings. The molecular weight excluding hydrogens is 643 g/mol. The number of carbonyl (C=O) groups is 2. The third-order valence-corrected chi connectivity index (χ3v) is 10.7. The van der Waals surface area contributed by atoms with Crippen LogP contribution in [0.4, 0.5) is 0 Å². The van der Waals surface area contributed by atoms with Gasteiger partial charge in [-0.3, -0.25) is 9.59 Å². The summed E-state index contributed by atoms with van der Waals surface area (Å²) in [4.78, 5) is 31.6. The number of hydrogen-bond donors (Lipinski definition) is 2. The second-order valence-corrected chi connectivity index (χ2v) is 14.4. The van der Waals surface area contributed by atoms with Crippen LogP contribution in [0.2, 0.25) is 0 Å². The van der Waals surface area contributed by atoms with Crippen LogP contribution in [0, 0.1) is 0 Å². The van der Waals surface area contributed by atoms with Gasteiger partial charge in [-0.1, -0.05) is 48.5 Å². The average molecular weight is 676 g/mol. The highest BCUT2D eigenvalue weighted by Crippen LogP contribution is 2.38. The van der Waals surface area contributed by atoms with Gasteiger partial charge in [0.25, 0.3) is 5.91 Å². The van der Waals surface area contributed by atoms with Gasteiger partial charge in [-0.15, -0.1) is 21.5 Å². The molecule has 1 saturated heterocycles. The van der Waals surface area contributed by atoms with Crippen molar-refractivity contribution in [1.29, 1.82) is 0 Å². The van der Waals surface area contributed by atoms with Gasteiger partial charge in [0.1, 0.15) is 11.4 Å². The van der Waals surface area contributed by atoms with Gasteiger partial charge >= 0.3 is 0 Å². The molecule has 0 bridgehead atoms. The van der Waals surface area contributed by atoms with Crippen LogP contribution in [0.15, 0.2) is 77.2 Å². The number of aromatic nitrogens is 3. The summed E-state index contributed by atoms with van der Waals surface area (Å²) in [5.74, 6) is -1.01. The van der Waals surface area contributed by atoms with Gasteiger partial charge in [0.2, 0.25) is 17.7 Å². The van der Waals surface area contributed by atoms with Gasteiger partial charge in [-0.2, -0.15) is 0 Å². The van der Waals surface area contributed by atoms with E-state index in [0.29, 0.717) is 42.9 Å². The minimum absolute atomic E-state index is 0.0327. The molecule has 3 aromatic carbocycles. The second-order valence-electron chi connectivity index (χ2n) is 11.3. The molecular formula is C33H33N5O7S2. The molecule has 12 nitrogen and oxygen atoms in total. The largest absolute Gasteiger partial charge is 0.423 e. The Balaban J connectivity index is 1.29. The quantitative estimate of drug-likeness (QED) is 0.212. The van der Waals surface area contributed by atoms with Crippen LogP contribution in [-0.2, 0) is 31.5 Å². The van der Waals surface area contributed by atoms with E-state index in [4.69, 9.17) is 9.15 Å². The Hall–Kier alpha value is -4.50. The van der Waals surface area contributed by atoms with Gasteiger partial charge in [-0.05, 0) is 47.9 Å². The van der Waals surface area contributed by atoms with E-state index in [2.05, 4.69) is 20.5 Å². The van der Waals surface area contributed by atoms with E-state index in [1.807, 2.05) is 30.3 Å². The van der Waals surface area contributed by atoms with Gasteiger partial charge in [0.15, 0.2) is 15.1 Å². The fourth-order valence-corrected chi connectivity index (χ4v) is 8.35. The van der Waals surface area contributed by atoms with E-state index in [9.17, 15) is 23.1 Å². The molecule has 2 aromatic heterocycles. The Kier molecular flexibility index (Phi) is 9.73. The second kappa shape index (κ2) is 14.1. The summed E-state index contributed by atoms with van der Waals surface area (Å²) in [6.45, 7) is 3.79. The highest BCUT2D eigenvalue weighted by atomic mass is 32.2. The molecule has 1 aliphatic heterocycles. The summed E-state index contributed by atoms with van der Waals surface area (Å²) in [6, 6.07) is 21.8. The van der Waals surface area contributed by atoms with Gasteiger partial charge in [-0.25, -0.2) is 13.4 Å². The van der Waals surface area contributed by atoms with Crippen molar-refractivity contribution >= 4 is 43.2 Å². The van der Waals surface area contributed by atoms with Crippen LogP contribution in [0.25, 0.3) is 21.3 Å². The number of nitrogens with zero attached hydrogens (tertiary/aromatic N) is 4. The van der Waals surface area contributed by atoms with E-state index in [1.54, 1.807) is 54.3 Å². The van der Waals surface area contributed by atoms with Crippen molar-refractivity contribution in [3.63, 3.8) is 0 Å². The number of thiazole rings is 1. The number of nitrogens with one attached hydrogen (secondary N) is 1.